The molecule has 0 saturated heterocycles. The molecule has 1 unspecified atom stereocenters. The van der Waals surface area contributed by atoms with Gasteiger partial charge in [0.05, 0.1) is 11.4 Å². The van der Waals surface area contributed by atoms with Gasteiger partial charge in [0.2, 0.25) is 5.95 Å². The number of aromatic nitrogens is 2. The smallest absolute Gasteiger partial charge is 0.223 e. The Labute approximate surface area is 131 Å². The van der Waals surface area contributed by atoms with Crippen molar-refractivity contribution in [2.24, 2.45) is 5.92 Å². The summed E-state index contributed by atoms with van der Waals surface area (Å²) in [5, 5.41) is 15.9. The van der Waals surface area contributed by atoms with E-state index in [0.29, 0.717) is 23.1 Å². The Morgan fingerprint density at radius 3 is 2.68 bits per heavy atom. The highest BCUT2D eigenvalue weighted by molar-refractivity contribution is 5.80. The first kappa shape index (κ1) is 15.8. The Balaban J connectivity index is 2.40. The molecule has 5 heteroatoms. The number of nitriles is 1. The second-order valence-corrected chi connectivity index (χ2v) is 5.67. The Hall–Kier alpha value is -2.61. The number of nitrogens with one attached hydrogen (secondary N) is 2. The van der Waals surface area contributed by atoms with Gasteiger partial charge < -0.3 is 10.6 Å². The molecule has 1 aliphatic rings. The fourth-order valence-corrected chi connectivity index (χ4v) is 1.92. The fourth-order valence-electron chi connectivity index (χ4n) is 1.92. The Morgan fingerprint density at radius 2 is 2.09 bits per heavy atom. The SMILES string of the molecule is Cc1cnc(NC(C)C(C)C)nc1/C(C#N)=C1/C=CC=CN1. The second kappa shape index (κ2) is 6.90. The molecule has 0 aromatic carbocycles. The summed E-state index contributed by atoms with van der Waals surface area (Å²) in [6.07, 6.45) is 9.17. The van der Waals surface area contributed by atoms with Crippen molar-refractivity contribution in [2.75, 3.05) is 5.32 Å². The van der Waals surface area contributed by atoms with Crippen LogP contribution in [0.25, 0.3) is 5.57 Å². The van der Waals surface area contributed by atoms with Crippen molar-refractivity contribution in [3.63, 3.8) is 0 Å². The fraction of sp³-hybridized carbons (Fsp3) is 0.353. The zero-order chi connectivity index (χ0) is 16.1. The van der Waals surface area contributed by atoms with Crippen LogP contribution >= 0.6 is 0 Å². The monoisotopic (exact) mass is 295 g/mol. The topological polar surface area (TPSA) is 73.6 Å². The van der Waals surface area contributed by atoms with Gasteiger partial charge in [-0.15, -0.1) is 0 Å². The quantitative estimate of drug-likeness (QED) is 0.835. The number of dihydropyridines is 1. The molecule has 0 amide bonds. The maximum absolute atomic E-state index is 9.53. The highest BCUT2D eigenvalue weighted by Gasteiger charge is 2.15. The van der Waals surface area contributed by atoms with E-state index in [1.807, 2.05) is 25.2 Å². The van der Waals surface area contributed by atoms with Gasteiger partial charge >= 0.3 is 0 Å². The molecular weight excluding hydrogens is 274 g/mol. The normalized spacial score (nSPS) is 16.9. The molecule has 114 valence electrons. The maximum Gasteiger partial charge on any atom is 0.223 e. The van der Waals surface area contributed by atoms with E-state index in [1.165, 1.54) is 0 Å². The van der Waals surface area contributed by atoms with Crippen LogP contribution in [-0.2, 0) is 0 Å². The van der Waals surface area contributed by atoms with Crippen LogP contribution in [0.1, 0.15) is 32.0 Å². The number of allylic oxidation sites excluding steroid dienone is 4. The lowest BCUT2D eigenvalue weighted by atomic mass is 10.1. The Kier molecular flexibility index (Phi) is 4.95. The van der Waals surface area contributed by atoms with Gasteiger partial charge in [0.25, 0.3) is 0 Å². The number of aryl methyl sites for hydroxylation is 1. The molecule has 1 aliphatic heterocycles. The first-order chi connectivity index (χ1) is 10.5. The van der Waals surface area contributed by atoms with Crippen LogP contribution in [0.2, 0.25) is 0 Å². The van der Waals surface area contributed by atoms with Crippen molar-refractivity contribution in [1.82, 2.24) is 15.3 Å². The summed E-state index contributed by atoms with van der Waals surface area (Å²) in [6, 6.07) is 2.50. The lowest BCUT2D eigenvalue weighted by Gasteiger charge is -2.18. The number of hydrogen-bond donors (Lipinski definition) is 2. The van der Waals surface area contributed by atoms with Gasteiger partial charge in [-0.05, 0) is 37.5 Å². The van der Waals surface area contributed by atoms with Crippen LogP contribution in [0, 0.1) is 24.2 Å². The standard InChI is InChI=1S/C17H21N5/c1-11(2)13(4)21-17-20-10-12(3)16(22-17)14(9-18)15-7-5-6-8-19-15/h5-8,10-11,13,19H,1-4H3,(H,20,21,22)/b15-14-. The Bertz CT molecular complexity index is 677. The molecule has 0 spiro atoms. The molecular formula is C17H21N5. The molecule has 0 bridgehead atoms. The van der Waals surface area contributed by atoms with E-state index < -0.39 is 0 Å². The maximum atomic E-state index is 9.53. The Morgan fingerprint density at radius 1 is 1.32 bits per heavy atom. The van der Waals surface area contributed by atoms with E-state index in [9.17, 15) is 5.26 Å². The first-order valence-corrected chi connectivity index (χ1v) is 7.37. The predicted octanol–water partition coefficient (Wildman–Crippen LogP) is 3.15. The van der Waals surface area contributed by atoms with Crippen molar-refractivity contribution < 1.29 is 0 Å². The summed E-state index contributed by atoms with van der Waals surface area (Å²) in [4.78, 5) is 8.86. The molecule has 1 aromatic rings. The third-order valence-electron chi connectivity index (χ3n) is 3.66. The van der Waals surface area contributed by atoms with Gasteiger partial charge in [0.15, 0.2) is 0 Å². The van der Waals surface area contributed by atoms with E-state index in [1.54, 1.807) is 12.4 Å². The average molecular weight is 295 g/mol. The third kappa shape index (κ3) is 3.53. The summed E-state index contributed by atoms with van der Waals surface area (Å²) in [7, 11) is 0. The number of rotatable bonds is 4. The summed E-state index contributed by atoms with van der Waals surface area (Å²) in [5.74, 6) is 1.01. The van der Waals surface area contributed by atoms with Gasteiger partial charge in [-0.25, -0.2) is 9.97 Å². The molecule has 22 heavy (non-hydrogen) atoms. The summed E-state index contributed by atoms with van der Waals surface area (Å²) in [5.41, 5.74) is 2.78. The largest absolute Gasteiger partial charge is 0.361 e. The van der Waals surface area contributed by atoms with E-state index in [0.717, 1.165) is 11.3 Å². The second-order valence-electron chi connectivity index (χ2n) is 5.67. The number of nitrogens with zero attached hydrogens (tertiary/aromatic N) is 3. The average Bonchev–Trinajstić information content (AvgIpc) is 2.52. The van der Waals surface area contributed by atoms with Gasteiger partial charge in [-0.3, -0.25) is 0 Å². The lowest BCUT2D eigenvalue weighted by molar-refractivity contribution is 0.556. The molecule has 2 heterocycles. The van der Waals surface area contributed by atoms with Crippen LogP contribution < -0.4 is 10.6 Å². The predicted molar refractivity (Wildman–Crippen MR) is 88.6 cm³/mol. The van der Waals surface area contributed by atoms with E-state index in [-0.39, 0.29) is 6.04 Å². The van der Waals surface area contributed by atoms with Crippen molar-refractivity contribution in [2.45, 2.75) is 33.7 Å². The van der Waals surface area contributed by atoms with Crippen LogP contribution in [0.3, 0.4) is 0 Å². The van der Waals surface area contributed by atoms with Crippen molar-refractivity contribution >= 4 is 11.5 Å². The molecule has 2 N–H and O–H groups in total. The summed E-state index contributed by atoms with van der Waals surface area (Å²) in [6.45, 7) is 8.27. The van der Waals surface area contributed by atoms with Gasteiger partial charge in [-0.2, -0.15) is 5.26 Å². The van der Waals surface area contributed by atoms with Crippen LogP contribution in [0.5, 0.6) is 0 Å². The molecule has 1 atom stereocenters. The molecule has 5 nitrogen and oxygen atoms in total. The minimum Gasteiger partial charge on any atom is -0.361 e. The van der Waals surface area contributed by atoms with Crippen molar-refractivity contribution in [3.8, 4) is 6.07 Å². The molecule has 0 aliphatic carbocycles. The number of hydrogen-bond acceptors (Lipinski definition) is 5. The molecule has 0 radical (unpaired) electrons. The molecule has 0 saturated carbocycles. The first-order valence-electron chi connectivity index (χ1n) is 7.37. The van der Waals surface area contributed by atoms with Crippen LogP contribution in [0.15, 0.2) is 36.3 Å². The van der Waals surface area contributed by atoms with Gasteiger partial charge in [0, 0.05) is 18.4 Å². The molecule has 1 aromatic heterocycles. The van der Waals surface area contributed by atoms with E-state index >= 15 is 0 Å². The van der Waals surface area contributed by atoms with Gasteiger partial charge in [0.1, 0.15) is 11.6 Å². The summed E-state index contributed by atoms with van der Waals surface area (Å²) < 4.78 is 0. The summed E-state index contributed by atoms with van der Waals surface area (Å²) >= 11 is 0. The van der Waals surface area contributed by atoms with E-state index in [4.69, 9.17) is 0 Å². The van der Waals surface area contributed by atoms with Crippen molar-refractivity contribution in [1.29, 1.82) is 5.26 Å². The highest BCUT2D eigenvalue weighted by atomic mass is 15.1. The molecule has 2 rings (SSSR count). The van der Waals surface area contributed by atoms with Gasteiger partial charge in [-0.1, -0.05) is 19.9 Å². The molecule has 0 fully saturated rings. The zero-order valence-corrected chi connectivity index (χ0v) is 13.4. The minimum absolute atomic E-state index is 0.254. The van der Waals surface area contributed by atoms with Crippen molar-refractivity contribution in [3.05, 3.63) is 47.6 Å². The highest BCUT2D eigenvalue weighted by Crippen LogP contribution is 2.21. The van der Waals surface area contributed by atoms with Crippen LogP contribution in [-0.4, -0.2) is 16.0 Å². The zero-order valence-electron chi connectivity index (χ0n) is 13.4. The lowest BCUT2D eigenvalue weighted by Crippen LogP contribution is -2.23. The number of anilines is 1. The van der Waals surface area contributed by atoms with Crippen LogP contribution in [0.4, 0.5) is 5.95 Å². The third-order valence-corrected chi connectivity index (χ3v) is 3.66. The minimum atomic E-state index is 0.254. The van der Waals surface area contributed by atoms with E-state index in [2.05, 4.69) is 47.4 Å².